The van der Waals surface area contributed by atoms with Crippen LogP contribution in [0.5, 0.6) is 0 Å². The van der Waals surface area contributed by atoms with E-state index in [1.807, 2.05) is 11.8 Å². The lowest BCUT2D eigenvalue weighted by atomic mass is 10.1. The van der Waals surface area contributed by atoms with Gasteiger partial charge in [-0.05, 0) is 52.1 Å². The fourth-order valence-corrected chi connectivity index (χ4v) is 3.21. The molecular weight excluding hydrogens is 228 g/mol. The maximum atomic E-state index is 12.2. The average molecular weight is 254 g/mol. The van der Waals surface area contributed by atoms with Crippen molar-refractivity contribution in [2.45, 2.75) is 57.6 Å². The lowest BCUT2D eigenvalue weighted by Crippen LogP contribution is -2.38. The van der Waals surface area contributed by atoms with E-state index in [-0.39, 0.29) is 18.1 Å². The molecule has 104 valence electrons. The number of nitrogens with zero attached hydrogens (tertiary/aromatic N) is 2. The molecule has 2 heterocycles. The summed E-state index contributed by atoms with van der Waals surface area (Å²) >= 11 is 0. The number of hydrogen-bond acceptors (Lipinski definition) is 3. The largest absolute Gasteiger partial charge is 0.393 e. The second kappa shape index (κ2) is 6.53. The molecule has 2 aliphatic rings. The summed E-state index contributed by atoms with van der Waals surface area (Å²) in [6.45, 7) is 5.92. The Morgan fingerprint density at radius 1 is 1.28 bits per heavy atom. The predicted molar refractivity (Wildman–Crippen MR) is 71.3 cm³/mol. The van der Waals surface area contributed by atoms with Crippen molar-refractivity contribution in [2.24, 2.45) is 0 Å². The van der Waals surface area contributed by atoms with Gasteiger partial charge in [0, 0.05) is 25.6 Å². The second-order valence-corrected chi connectivity index (χ2v) is 5.77. The Kier molecular flexibility index (Phi) is 5.01. The van der Waals surface area contributed by atoms with E-state index in [4.69, 9.17) is 0 Å². The molecule has 0 radical (unpaired) electrons. The summed E-state index contributed by atoms with van der Waals surface area (Å²) in [4.78, 5) is 16.6. The summed E-state index contributed by atoms with van der Waals surface area (Å²) in [6.07, 6.45) is 5.78. The van der Waals surface area contributed by atoms with Gasteiger partial charge in [-0.2, -0.15) is 0 Å². The van der Waals surface area contributed by atoms with Crippen LogP contribution in [0.1, 0.15) is 45.4 Å². The molecule has 0 aromatic heterocycles. The Labute approximate surface area is 110 Å². The van der Waals surface area contributed by atoms with Crippen molar-refractivity contribution in [2.75, 3.05) is 26.2 Å². The third-order valence-electron chi connectivity index (χ3n) is 4.15. The van der Waals surface area contributed by atoms with Crippen LogP contribution in [0.2, 0.25) is 0 Å². The first-order valence-electron chi connectivity index (χ1n) is 7.36. The van der Waals surface area contributed by atoms with Crippen LogP contribution < -0.4 is 0 Å². The Balaban J connectivity index is 1.76. The smallest absolute Gasteiger partial charge is 0.224 e. The number of carbonyl (C=O) groups excluding carboxylic acids is 1. The molecule has 0 saturated carbocycles. The minimum Gasteiger partial charge on any atom is -0.393 e. The number of amides is 1. The molecule has 0 aliphatic carbocycles. The summed E-state index contributed by atoms with van der Waals surface area (Å²) in [7, 11) is 0. The van der Waals surface area contributed by atoms with E-state index >= 15 is 0 Å². The molecular formula is C14H26N2O2. The molecule has 18 heavy (non-hydrogen) atoms. The number of aliphatic hydroxyl groups is 1. The monoisotopic (exact) mass is 254 g/mol. The molecule has 2 fully saturated rings. The Hall–Kier alpha value is -0.610. The van der Waals surface area contributed by atoms with Crippen LogP contribution >= 0.6 is 0 Å². The van der Waals surface area contributed by atoms with Crippen LogP contribution in [0.3, 0.4) is 0 Å². The van der Waals surface area contributed by atoms with Crippen LogP contribution in [-0.2, 0) is 4.79 Å². The first-order valence-corrected chi connectivity index (χ1v) is 7.36. The van der Waals surface area contributed by atoms with Gasteiger partial charge in [0.15, 0.2) is 0 Å². The molecule has 0 spiro atoms. The lowest BCUT2D eigenvalue weighted by Gasteiger charge is -2.26. The van der Waals surface area contributed by atoms with Gasteiger partial charge in [-0.1, -0.05) is 0 Å². The number of rotatable bonds is 5. The van der Waals surface area contributed by atoms with Crippen molar-refractivity contribution in [3.8, 4) is 0 Å². The quantitative estimate of drug-likeness (QED) is 0.802. The van der Waals surface area contributed by atoms with E-state index in [9.17, 15) is 9.90 Å². The first kappa shape index (κ1) is 13.8. The van der Waals surface area contributed by atoms with E-state index in [0.717, 1.165) is 45.4 Å². The van der Waals surface area contributed by atoms with Gasteiger partial charge >= 0.3 is 0 Å². The topological polar surface area (TPSA) is 43.8 Å². The van der Waals surface area contributed by atoms with Gasteiger partial charge in [0.2, 0.25) is 5.91 Å². The molecule has 2 atom stereocenters. The van der Waals surface area contributed by atoms with E-state index in [1.165, 1.54) is 12.8 Å². The van der Waals surface area contributed by atoms with Gasteiger partial charge in [-0.25, -0.2) is 0 Å². The second-order valence-electron chi connectivity index (χ2n) is 5.77. The highest BCUT2D eigenvalue weighted by atomic mass is 16.3. The van der Waals surface area contributed by atoms with E-state index in [1.54, 1.807) is 0 Å². The van der Waals surface area contributed by atoms with Gasteiger partial charge in [-0.15, -0.1) is 0 Å². The zero-order valence-corrected chi connectivity index (χ0v) is 11.5. The van der Waals surface area contributed by atoms with E-state index < -0.39 is 0 Å². The summed E-state index contributed by atoms with van der Waals surface area (Å²) in [5.74, 6) is 0.282. The molecule has 0 bridgehead atoms. The van der Waals surface area contributed by atoms with Crippen LogP contribution in [-0.4, -0.2) is 59.1 Å². The Morgan fingerprint density at radius 2 is 2.00 bits per heavy atom. The number of likely N-dealkylation sites (tertiary alicyclic amines) is 2. The first-order chi connectivity index (χ1) is 8.66. The summed E-state index contributed by atoms with van der Waals surface area (Å²) < 4.78 is 0. The Morgan fingerprint density at radius 3 is 2.67 bits per heavy atom. The minimum absolute atomic E-state index is 0.274. The van der Waals surface area contributed by atoms with Crippen LogP contribution in [0.15, 0.2) is 0 Å². The maximum Gasteiger partial charge on any atom is 0.224 e. The van der Waals surface area contributed by atoms with Crippen molar-refractivity contribution in [3.63, 3.8) is 0 Å². The number of aliphatic hydroxyl groups excluding tert-OH is 1. The average Bonchev–Trinajstić information content (AvgIpc) is 2.95. The third-order valence-corrected chi connectivity index (χ3v) is 4.15. The standard InChI is InChI=1S/C14H26N2O2/c1-12(17)11-13-5-4-9-16(13)14(18)6-10-15-7-2-3-8-15/h12-13,17H,2-11H2,1H3. The van der Waals surface area contributed by atoms with E-state index in [2.05, 4.69) is 4.90 Å². The molecule has 1 amide bonds. The molecule has 2 saturated heterocycles. The summed E-state index contributed by atoms with van der Waals surface area (Å²) in [5.41, 5.74) is 0. The predicted octanol–water partition coefficient (Wildman–Crippen LogP) is 1.23. The molecule has 4 nitrogen and oxygen atoms in total. The van der Waals surface area contributed by atoms with Crippen LogP contribution in [0, 0.1) is 0 Å². The fourth-order valence-electron chi connectivity index (χ4n) is 3.21. The van der Waals surface area contributed by atoms with Gasteiger partial charge in [0.25, 0.3) is 0 Å². The highest BCUT2D eigenvalue weighted by Gasteiger charge is 2.29. The highest BCUT2D eigenvalue weighted by molar-refractivity contribution is 5.77. The SMILES string of the molecule is CC(O)CC1CCCN1C(=O)CCN1CCCC1. The molecule has 2 unspecified atom stereocenters. The lowest BCUT2D eigenvalue weighted by molar-refractivity contribution is -0.132. The molecule has 4 heteroatoms. The third kappa shape index (κ3) is 3.69. The van der Waals surface area contributed by atoms with Crippen molar-refractivity contribution >= 4 is 5.91 Å². The van der Waals surface area contributed by atoms with Crippen LogP contribution in [0.4, 0.5) is 0 Å². The van der Waals surface area contributed by atoms with Crippen molar-refractivity contribution in [1.82, 2.24) is 9.80 Å². The van der Waals surface area contributed by atoms with Gasteiger partial charge in [0.1, 0.15) is 0 Å². The fraction of sp³-hybridized carbons (Fsp3) is 0.929. The minimum atomic E-state index is -0.304. The molecule has 2 aliphatic heterocycles. The van der Waals surface area contributed by atoms with Gasteiger partial charge in [-0.3, -0.25) is 4.79 Å². The molecule has 2 rings (SSSR count). The van der Waals surface area contributed by atoms with Gasteiger partial charge in [0.05, 0.1) is 6.10 Å². The number of hydrogen-bond donors (Lipinski definition) is 1. The van der Waals surface area contributed by atoms with Crippen molar-refractivity contribution < 1.29 is 9.90 Å². The zero-order chi connectivity index (χ0) is 13.0. The highest BCUT2D eigenvalue weighted by Crippen LogP contribution is 2.22. The van der Waals surface area contributed by atoms with Crippen molar-refractivity contribution in [1.29, 1.82) is 0 Å². The summed E-state index contributed by atoms with van der Waals surface area (Å²) in [6, 6.07) is 0.274. The summed E-state index contributed by atoms with van der Waals surface area (Å²) in [5, 5.41) is 9.47. The number of carbonyl (C=O) groups is 1. The van der Waals surface area contributed by atoms with E-state index in [0.29, 0.717) is 6.42 Å². The molecule has 0 aromatic rings. The normalized spacial score (nSPS) is 26.8. The zero-order valence-electron chi connectivity index (χ0n) is 11.5. The Bertz CT molecular complexity index is 275. The van der Waals surface area contributed by atoms with Crippen molar-refractivity contribution in [3.05, 3.63) is 0 Å². The maximum absolute atomic E-state index is 12.2. The molecule has 0 aromatic carbocycles. The van der Waals surface area contributed by atoms with Crippen LogP contribution in [0.25, 0.3) is 0 Å². The molecule has 1 N–H and O–H groups in total. The van der Waals surface area contributed by atoms with Gasteiger partial charge < -0.3 is 14.9 Å².